The second kappa shape index (κ2) is 5.06. The van der Waals surface area contributed by atoms with E-state index < -0.39 is 0 Å². The summed E-state index contributed by atoms with van der Waals surface area (Å²) >= 11 is 6.58. The summed E-state index contributed by atoms with van der Waals surface area (Å²) in [4.78, 5) is 15.3. The van der Waals surface area contributed by atoms with Gasteiger partial charge >= 0.3 is 0 Å². The smallest absolute Gasteiger partial charge is 0.238 e. The lowest BCUT2D eigenvalue weighted by molar-refractivity contribution is -0.124. The van der Waals surface area contributed by atoms with E-state index in [1.165, 1.54) is 11.8 Å². The highest BCUT2D eigenvalue weighted by Crippen LogP contribution is 2.22. The van der Waals surface area contributed by atoms with Crippen LogP contribution in [0.5, 0.6) is 0 Å². The number of thioether (sulfide) groups is 1. The molecule has 0 radical (unpaired) electrons. The molecule has 0 saturated carbocycles. The number of rotatable bonds is 3. The van der Waals surface area contributed by atoms with Crippen molar-refractivity contribution in [1.82, 2.24) is 4.90 Å². The van der Waals surface area contributed by atoms with Crippen LogP contribution in [0.25, 0.3) is 0 Å². The molecule has 5 heteroatoms. The lowest BCUT2D eigenvalue weighted by atomic mass is 10.2. The zero-order chi connectivity index (χ0) is 12.4. The number of amides is 1. The third kappa shape index (κ3) is 2.79. The molecule has 0 aromatic heterocycles. The summed E-state index contributed by atoms with van der Waals surface area (Å²) < 4.78 is 0.687. The van der Waals surface area contributed by atoms with E-state index in [-0.39, 0.29) is 5.91 Å². The van der Waals surface area contributed by atoms with Gasteiger partial charge in [0.2, 0.25) is 5.91 Å². The molecule has 1 saturated heterocycles. The van der Waals surface area contributed by atoms with Gasteiger partial charge in [-0.15, -0.1) is 0 Å². The molecule has 0 aliphatic carbocycles. The van der Waals surface area contributed by atoms with Crippen molar-refractivity contribution in [3.63, 3.8) is 0 Å². The van der Waals surface area contributed by atoms with Gasteiger partial charge in [-0.1, -0.05) is 36.1 Å². The summed E-state index contributed by atoms with van der Waals surface area (Å²) in [6.07, 6.45) is 0. The summed E-state index contributed by atoms with van der Waals surface area (Å²) in [6.45, 7) is 0.582. The highest BCUT2D eigenvalue weighted by Gasteiger charge is 2.26. The molecular weight excluding hydrogens is 252 g/mol. The Morgan fingerprint density at radius 2 is 2.00 bits per heavy atom. The summed E-state index contributed by atoms with van der Waals surface area (Å²) in [6, 6.07) is 8.17. The highest BCUT2D eigenvalue weighted by molar-refractivity contribution is 8.23. The van der Waals surface area contributed by atoms with Crippen LogP contribution >= 0.6 is 24.0 Å². The Kier molecular flexibility index (Phi) is 3.69. The molecule has 0 N–H and O–H groups in total. The van der Waals surface area contributed by atoms with Crippen LogP contribution in [0.1, 0.15) is 5.56 Å². The van der Waals surface area contributed by atoms with Crippen LogP contribution in [-0.2, 0) is 11.3 Å². The molecule has 3 nitrogen and oxygen atoms in total. The Hall–Kier alpha value is -1.07. The van der Waals surface area contributed by atoms with E-state index in [1.807, 2.05) is 43.3 Å². The molecular formula is C12H14N2OS2. The van der Waals surface area contributed by atoms with E-state index in [4.69, 9.17) is 12.2 Å². The molecule has 90 valence electrons. The number of anilines is 1. The highest BCUT2D eigenvalue weighted by atomic mass is 32.2. The molecule has 1 aliphatic rings. The first-order chi connectivity index (χ1) is 8.08. The molecule has 2 rings (SSSR count). The standard InChI is InChI=1S/C12H14N2OS2/c1-13(2)10-5-3-9(4-6-10)7-14-11(15)8-17-12(14)16/h3-6H,7-8H2,1-2H3. The fourth-order valence-corrected chi connectivity index (χ4v) is 2.68. The largest absolute Gasteiger partial charge is 0.378 e. The van der Waals surface area contributed by atoms with Crippen LogP contribution in [0.3, 0.4) is 0 Å². The molecule has 1 aromatic carbocycles. The Morgan fingerprint density at radius 1 is 1.35 bits per heavy atom. The minimum absolute atomic E-state index is 0.108. The summed E-state index contributed by atoms with van der Waals surface area (Å²) in [7, 11) is 4.01. The van der Waals surface area contributed by atoms with Gasteiger partial charge in [0.05, 0.1) is 12.3 Å². The normalized spacial score (nSPS) is 15.5. The molecule has 0 bridgehead atoms. The third-order valence-electron chi connectivity index (χ3n) is 2.63. The fraction of sp³-hybridized carbons (Fsp3) is 0.333. The molecule has 0 spiro atoms. The van der Waals surface area contributed by atoms with Crippen LogP contribution < -0.4 is 4.90 Å². The van der Waals surface area contributed by atoms with Gasteiger partial charge < -0.3 is 4.90 Å². The van der Waals surface area contributed by atoms with E-state index in [9.17, 15) is 4.79 Å². The van der Waals surface area contributed by atoms with E-state index in [0.717, 1.165) is 11.3 Å². The van der Waals surface area contributed by atoms with Crippen molar-refractivity contribution in [1.29, 1.82) is 0 Å². The third-order valence-corrected chi connectivity index (χ3v) is 4.07. The average Bonchev–Trinajstić information content (AvgIpc) is 2.61. The molecule has 0 atom stereocenters. The molecule has 1 fully saturated rings. The summed E-state index contributed by atoms with van der Waals surface area (Å²) in [5, 5.41) is 0. The maximum atomic E-state index is 11.6. The van der Waals surface area contributed by atoms with Gasteiger partial charge in [-0.05, 0) is 17.7 Å². The number of hydrogen-bond acceptors (Lipinski definition) is 4. The minimum Gasteiger partial charge on any atom is -0.378 e. The van der Waals surface area contributed by atoms with Gasteiger partial charge in [0.15, 0.2) is 0 Å². The zero-order valence-corrected chi connectivity index (χ0v) is 11.5. The van der Waals surface area contributed by atoms with Gasteiger partial charge in [0.1, 0.15) is 4.32 Å². The van der Waals surface area contributed by atoms with Crippen LogP contribution in [0, 0.1) is 0 Å². The molecule has 1 heterocycles. The minimum atomic E-state index is 0.108. The first kappa shape index (κ1) is 12.4. The molecule has 1 aromatic rings. The Labute approximate surface area is 111 Å². The maximum Gasteiger partial charge on any atom is 0.238 e. The first-order valence-corrected chi connectivity index (χ1v) is 6.70. The van der Waals surface area contributed by atoms with Gasteiger partial charge in [-0.2, -0.15) is 0 Å². The lowest BCUT2D eigenvalue weighted by Crippen LogP contribution is -2.27. The van der Waals surface area contributed by atoms with Crippen LogP contribution in [0.4, 0.5) is 5.69 Å². The molecule has 1 amide bonds. The van der Waals surface area contributed by atoms with Crippen molar-refractivity contribution in [2.75, 3.05) is 24.7 Å². The van der Waals surface area contributed by atoms with E-state index in [2.05, 4.69) is 0 Å². The lowest BCUT2D eigenvalue weighted by Gasteiger charge is -2.16. The predicted molar refractivity (Wildman–Crippen MR) is 76.4 cm³/mol. The topological polar surface area (TPSA) is 23.6 Å². The van der Waals surface area contributed by atoms with Crippen molar-refractivity contribution >= 4 is 39.9 Å². The quantitative estimate of drug-likeness (QED) is 0.782. The van der Waals surface area contributed by atoms with Gasteiger partial charge in [0, 0.05) is 19.8 Å². The molecule has 1 aliphatic heterocycles. The van der Waals surface area contributed by atoms with E-state index >= 15 is 0 Å². The first-order valence-electron chi connectivity index (χ1n) is 5.31. The number of nitrogens with zero attached hydrogens (tertiary/aromatic N) is 2. The van der Waals surface area contributed by atoms with Crippen LogP contribution in [-0.4, -0.2) is 35.0 Å². The Morgan fingerprint density at radius 3 is 2.47 bits per heavy atom. The van der Waals surface area contributed by atoms with Crippen LogP contribution in [0.15, 0.2) is 24.3 Å². The molecule has 0 unspecified atom stereocenters. The average molecular weight is 266 g/mol. The number of thiocarbonyl (C=S) groups is 1. The van der Waals surface area contributed by atoms with Gasteiger partial charge in [-0.3, -0.25) is 9.69 Å². The van der Waals surface area contributed by atoms with Crippen molar-refractivity contribution in [3.05, 3.63) is 29.8 Å². The number of hydrogen-bond donors (Lipinski definition) is 0. The predicted octanol–water partition coefficient (Wildman–Crippen LogP) is 2.11. The second-order valence-corrected chi connectivity index (χ2v) is 5.70. The van der Waals surface area contributed by atoms with Gasteiger partial charge in [0.25, 0.3) is 0 Å². The number of carbonyl (C=O) groups is 1. The Bertz CT molecular complexity index is 426. The summed E-state index contributed by atoms with van der Waals surface area (Å²) in [5.74, 6) is 0.589. The second-order valence-electron chi connectivity index (χ2n) is 4.10. The Balaban J connectivity index is 2.08. The zero-order valence-electron chi connectivity index (χ0n) is 9.84. The fourth-order valence-electron chi connectivity index (χ4n) is 1.62. The van der Waals surface area contributed by atoms with Crippen molar-refractivity contribution < 1.29 is 4.79 Å². The molecule has 17 heavy (non-hydrogen) atoms. The summed E-state index contributed by atoms with van der Waals surface area (Å²) in [5.41, 5.74) is 2.26. The van der Waals surface area contributed by atoms with E-state index in [0.29, 0.717) is 16.6 Å². The number of benzene rings is 1. The number of carbonyl (C=O) groups excluding carboxylic acids is 1. The van der Waals surface area contributed by atoms with Crippen molar-refractivity contribution in [2.45, 2.75) is 6.54 Å². The van der Waals surface area contributed by atoms with Crippen molar-refractivity contribution in [2.24, 2.45) is 0 Å². The SMILES string of the molecule is CN(C)c1ccc(CN2C(=O)CSC2=S)cc1. The van der Waals surface area contributed by atoms with Gasteiger partial charge in [-0.25, -0.2) is 0 Å². The van der Waals surface area contributed by atoms with E-state index in [1.54, 1.807) is 4.90 Å². The van der Waals surface area contributed by atoms with Crippen molar-refractivity contribution in [3.8, 4) is 0 Å². The maximum absolute atomic E-state index is 11.6. The van der Waals surface area contributed by atoms with Crippen LogP contribution in [0.2, 0.25) is 0 Å². The monoisotopic (exact) mass is 266 g/mol.